The summed E-state index contributed by atoms with van der Waals surface area (Å²) in [7, 11) is 3.42. The van der Waals surface area contributed by atoms with Gasteiger partial charge in [0.1, 0.15) is 5.75 Å². The molecule has 5 heteroatoms. The van der Waals surface area contributed by atoms with Crippen molar-refractivity contribution in [2.45, 2.75) is 26.4 Å². The number of benzene rings is 1. The molecule has 1 aromatic carbocycles. The summed E-state index contributed by atoms with van der Waals surface area (Å²) in [5.74, 6) is 0.672. The van der Waals surface area contributed by atoms with E-state index in [1.165, 1.54) is 0 Å². The first-order valence-corrected chi connectivity index (χ1v) is 6.09. The summed E-state index contributed by atoms with van der Waals surface area (Å²) in [6, 6.07) is 7.56. The van der Waals surface area contributed by atoms with Crippen molar-refractivity contribution in [3.8, 4) is 5.75 Å². The van der Waals surface area contributed by atoms with Crippen molar-refractivity contribution in [3.63, 3.8) is 0 Å². The van der Waals surface area contributed by atoms with E-state index in [1.807, 2.05) is 38.1 Å². The number of hydrogen-bond acceptors (Lipinski definition) is 3. The molecule has 19 heavy (non-hydrogen) atoms. The zero-order valence-corrected chi connectivity index (χ0v) is 12.7. The normalized spacial score (nSPS) is 13.1. The first-order chi connectivity index (χ1) is 8.47. The van der Waals surface area contributed by atoms with Crippen LogP contribution >= 0.6 is 12.4 Å². The highest BCUT2D eigenvalue weighted by Gasteiger charge is 2.21. The van der Waals surface area contributed by atoms with Gasteiger partial charge in [0.05, 0.1) is 13.0 Å². The van der Waals surface area contributed by atoms with E-state index in [0.717, 1.165) is 11.3 Å². The maximum absolute atomic E-state index is 12.1. The lowest BCUT2D eigenvalue weighted by molar-refractivity contribution is -0.134. The van der Waals surface area contributed by atoms with Crippen LogP contribution in [0.5, 0.6) is 5.75 Å². The maximum Gasteiger partial charge on any atom is 0.226 e. The third-order valence-corrected chi connectivity index (χ3v) is 3.15. The molecule has 2 atom stereocenters. The van der Waals surface area contributed by atoms with Gasteiger partial charge in [-0.1, -0.05) is 25.1 Å². The summed E-state index contributed by atoms with van der Waals surface area (Å²) < 4.78 is 5.27. The van der Waals surface area contributed by atoms with Crippen LogP contribution in [0.3, 0.4) is 0 Å². The number of halogens is 1. The van der Waals surface area contributed by atoms with Gasteiger partial charge >= 0.3 is 0 Å². The number of nitrogens with zero attached hydrogens (tertiary/aromatic N) is 1. The quantitative estimate of drug-likeness (QED) is 0.901. The van der Waals surface area contributed by atoms with E-state index >= 15 is 0 Å². The Morgan fingerprint density at radius 1 is 1.37 bits per heavy atom. The van der Waals surface area contributed by atoms with Gasteiger partial charge in [-0.15, -0.1) is 12.4 Å². The Labute approximate surface area is 121 Å². The number of rotatable bonds is 5. The molecule has 1 aromatic rings. The zero-order valence-electron chi connectivity index (χ0n) is 11.9. The molecular weight excluding hydrogens is 264 g/mol. The summed E-state index contributed by atoms with van der Waals surface area (Å²) in [5, 5.41) is 0. The van der Waals surface area contributed by atoms with E-state index in [2.05, 4.69) is 0 Å². The van der Waals surface area contributed by atoms with Crippen LogP contribution in [0.1, 0.15) is 19.4 Å². The van der Waals surface area contributed by atoms with Crippen LogP contribution < -0.4 is 10.5 Å². The van der Waals surface area contributed by atoms with E-state index < -0.39 is 0 Å². The zero-order chi connectivity index (χ0) is 13.7. The minimum absolute atomic E-state index is 0. The molecule has 0 spiro atoms. The van der Waals surface area contributed by atoms with Gasteiger partial charge in [-0.05, 0) is 13.0 Å². The molecular formula is C14H23ClN2O2. The number of ether oxygens (including phenoxy) is 1. The van der Waals surface area contributed by atoms with Gasteiger partial charge in [0.2, 0.25) is 5.91 Å². The van der Waals surface area contributed by atoms with Crippen molar-refractivity contribution in [2.24, 2.45) is 11.7 Å². The minimum atomic E-state index is -0.176. The fourth-order valence-electron chi connectivity index (χ4n) is 1.74. The monoisotopic (exact) mass is 286 g/mol. The summed E-state index contributed by atoms with van der Waals surface area (Å²) >= 11 is 0. The molecule has 1 rings (SSSR count). The Morgan fingerprint density at radius 3 is 2.47 bits per heavy atom. The van der Waals surface area contributed by atoms with E-state index in [-0.39, 0.29) is 30.3 Å². The average molecular weight is 287 g/mol. The van der Waals surface area contributed by atoms with E-state index in [0.29, 0.717) is 6.54 Å². The lowest BCUT2D eigenvalue weighted by atomic mass is 10.0. The van der Waals surface area contributed by atoms with Crippen molar-refractivity contribution in [2.75, 3.05) is 14.2 Å². The minimum Gasteiger partial charge on any atom is -0.496 e. The first kappa shape index (κ1) is 17.7. The third-order valence-electron chi connectivity index (χ3n) is 3.15. The molecule has 0 fully saturated rings. The van der Waals surface area contributed by atoms with Crippen molar-refractivity contribution in [3.05, 3.63) is 29.8 Å². The average Bonchev–Trinajstić information content (AvgIpc) is 2.37. The molecule has 2 N–H and O–H groups in total. The summed E-state index contributed by atoms with van der Waals surface area (Å²) in [6.07, 6.45) is 0. The molecule has 2 unspecified atom stereocenters. The number of para-hydroxylation sites is 1. The van der Waals surface area contributed by atoms with Gasteiger partial charge in [0.15, 0.2) is 0 Å². The fraction of sp³-hybridized carbons (Fsp3) is 0.500. The molecule has 4 nitrogen and oxygen atoms in total. The summed E-state index contributed by atoms with van der Waals surface area (Å²) in [6.45, 7) is 4.23. The van der Waals surface area contributed by atoms with Gasteiger partial charge in [-0.2, -0.15) is 0 Å². The van der Waals surface area contributed by atoms with Gasteiger partial charge < -0.3 is 15.4 Å². The van der Waals surface area contributed by atoms with Crippen molar-refractivity contribution in [1.82, 2.24) is 4.90 Å². The summed E-state index contributed by atoms with van der Waals surface area (Å²) in [4.78, 5) is 13.8. The lowest BCUT2D eigenvalue weighted by Crippen LogP contribution is -2.39. The van der Waals surface area contributed by atoms with Gasteiger partial charge in [0, 0.05) is 25.2 Å². The highest BCUT2D eigenvalue weighted by Crippen LogP contribution is 2.19. The van der Waals surface area contributed by atoms with E-state index in [1.54, 1.807) is 19.1 Å². The molecule has 0 heterocycles. The maximum atomic E-state index is 12.1. The van der Waals surface area contributed by atoms with Crippen LogP contribution in [0, 0.1) is 5.92 Å². The van der Waals surface area contributed by atoms with Gasteiger partial charge in [-0.3, -0.25) is 4.79 Å². The van der Waals surface area contributed by atoms with Gasteiger partial charge in [-0.25, -0.2) is 0 Å². The number of amides is 1. The molecule has 0 aliphatic rings. The molecule has 0 aliphatic carbocycles. The molecule has 108 valence electrons. The van der Waals surface area contributed by atoms with Crippen LogP contribution in [-0.4, -0.2) is 31.0 Å². The summed E-state index contributed by atoms with van der Waals surface area (Å²) in [5.41, 5.74) is 6.75. The fourth-order valence-corrected chi connectivity index (χ4v) is 1.74. The molecule has 0 saturated heterocycles. The predicted octanol–water partition coefficient (Wildman–Crippen LogP) is 2.06. The van der Waals surface area contributed by atoms with Crippen molar-refractivity contribution >= 4 is 18.3 Å². The molecule has 0 radical (unpaired) electrons. The molecule has 1 amide bonds. The molecule has 0 saturated carbocycles. The Balaban J connectivity index is 0.00000324. The Morgan fingerprint density at radius 2 is 1.95 bits per heavy atom. The van der Waals surface area contributed by atoms with Crippen LogP contribution in [0.4, 0.5) is 0 Å². The topological polar surface area (TPSA) is 55.6 Å². The molecule has 0 aliphatic heterocycles. The highest BCUT2D eigenvalue weighted by molar-refractivity contribution is 5.85. The Hall–Kier alpha value is -1.26. The second-order valence-electron chi connectivity index (χ2n) is 4.65. The molecule has 0 aromatic heterocycles. The Bertz CT molecular complexity index is 410. The third kappa shape index (κ3) is 4.73. The standard InChI is InChI=1S/C14H22N2O2.ClH/c1-10(11(2)15)14(17)16(3)9-12-7-5-6-8-13(12)18-4;/h5-8,10-11H,9,15H2,1-4H3;1H. The Kier molecular flexibility index (Phi) is 7.49. The van der Waals surface area contributed by atoms with Crippen LogP contribution in [0.2, 0.25) is 0 Å². The van der Waals surface area contributed by atoms with Crippen LogP contribution in [-0.2, 0) is 11.3 Å². The second kappa shape index (κ2) is 8.02. The second-order valence-corrected chi connectivity index (χ2v) is 4.65. The smallest absolute Gasteiger partial charge is 0.226 e. The predicted molar refractivity (Wildman–Crippen MR) is 79.5 cm³/mol. The molecule has 0 bridgehead atoms. The number of carbonyl (C=O) groups excluding carboxylic acids is 1. The largest absolute Gasteiger partial charge is 0.496 e. The van der Waals surface area contributed by atoms with Crippen molar-refractivity contribution < 1.29 is 9.53 Å². The number of hydrogen-bond donors (Lipinski definition) is 1. The SMILES string of the molecule is COc1ccccc1CN(C)C(=O)C(C)C(C)N.Cl. The van der Waals surface area contributed by atoms with Crippen LogP contribution in [0.25, 0.3) is 0 Å². The first-order valence-electron chi connectivity index (χ1n) is 6.09. The van der Waals surface area contributed by atoms with E-state index in [4.69, 9.17) is 10.5 Å². The number of methoxy groups -OCH3 is 1. The van der Waals surface area contributed by atoms with Gasteiger partial charge in [0.25, 0.3) is 0 Å². The van der Waals surface area contributed by atoms with Crippen LogP contribution in [0.15, 0.2) is 24.3 Å². The number of carbonyl (C=O) groups is 1. The van der Waals surface area contributed by atoms with E-state index in [9.17, 15) is 4.79 Å². The van der Waals surface area contributed by atoms with Crippen molar-refractivity contribution in [1.29, 1.82) is 0 Å². The lowest BCUT2D eigenvalue weighted by Gasteiger charge is -2.24. The highest BCUT2D eigenvalue weighted by atomic mass is 35.5. The number of nitrogens with two attached hydrogens (primary N) is 1.